The third kappa shape index (κ3) is 8.65. The fourth-order valence-corrected chi connectivity index (χ4v) is 7.96. The summed E-state index contributed by atoms with van der Waals surface area (Å²) >= 11 is 6.50. The molecule has 1 N–H and O–H groups in total. The number of amides is 2. The predicted octanol–water partition coefficient (Wildman–Crippen LogP) is 7.55. The molecule has 0 heterocycles. The normalized spacial score (nSPS) is 14.2. The van der Waals surface area contributed by atoms with Crippen LogP contribution in [0.5, 0.6) is 0 Å². The first-order valence-electron chi connectivity index (χ1n) is 16.6. The Hall–Kier alpha value is -4.14. The highest BCUT2D eigenvalue weighted by Gasteiger charge is 2.36. The molecule has 0 radical (unpaired) electrons. The van der Waals surface area contributed by atoms with Crippen molar-refractivity contribution in [2.75, 3.05) is 10.8 Å². The lowest BCUT2D eigenvalue weighted by molar-refractivity contribution is -0.140. The second kappa shape index (κ2) is 15.8. The number of carbonyl (C=O) groups excluding carboxylic acids is 2. The summed E-state index contributed by atoms with van der Waals surface area (Å²) in [7, 11) is -4.22. The van der Waals surface area contributed by atoms with Gasteiger partial charge in [-0.25, -0.2) is 8.42 Å². The van der Waals surface area contributed by atoms with Crippen molar-refractivity contribution in [3.8, 4) is 0 Å². The number of rotatable bonds is 12. The maximum Gasteiger partial charge on any atom is 0.264 e. The van der Waals surface area contributed by atoms with Gasteiger partial charge in [-0.2, -0.15) is 0 Å². The minimum atomic E-state index is -4.22. The number of aryl methyl sites for hydroxylation is 2. The highest BCUT2D eigenvalue weighted by atomic mass is 35.5. The number of halogens is 1. The van der Waals surface area contributed by atoms with Gasteiger partial charge in [0, 0.05) is 24.0 Å². The van der Waals surface area contributed by atoms with Crippen LogP contribution in [0.4, 0.5) is 5.69 Å². The number of nitrogens with zero attached hydrogens (tertiary/aromatic N) is 2. The van der Waals surface area contributed by atoms with Crippen LogP contribution in [-0.2, 0) is 32.6 Å². The minimum absolute atomic E-state index is 0.0352. The van der Waals surface area contributed by atoms with Crippen LogP contribution in [0.2, 0.25) is 5.02 Å². The molecule has 0 saturated heterocycles. The molecule has 0 aromatic heterocycles. The van der Waals surface area contributed by atoms with E-state index in [-0.39, 0.29) is 29.8 Å². The second-order valence-electron chi connectivity index (χ2n) is 12.8. The Balaban J connectivity index is 1.59. The Labute approximate surface area is 290 Å². The molecule has 4 aromatic rings. The lowest BCUT2D eigenvalue weighted by atomic mass is 9.94. The number of hydrogen-bond donors (Lipinski definition) is 1. The molecule has 4 aromatic carbocycles. The van der Waals surface area contributed by atoms with Crippen LogP contribution in [0.25, 0.3) is 0 Å². The molecule has 48 heavy (non-hydrogen) atoms. The van der Waals surface area contributed by atoms with Crippen molar-refractivity contribution in [3.63, 3.8) is 0 Å². The number of nitrogens with one attached hydrogen (secondary N) is 1. The smallest absolute Gasteiger partial charge is 0.264 e. The van der Waals surface area contributed by atoms with Crippen LogP contribution in [-0.4, -0.2) is 43.8 Å². The molecule has 0 bridgehead atoms. The minimum Gasteiger partial charge on any atom is -0.352 e. The molecule has 9 heteroatoms. The van der Waals surface area contributed by atoms with E-state index in [0.717, 1.165) is 58.7 Å². The van der Waals surface area contributed by atoms with Crippen molar-refractivity contribution >= 4 is 39.1 Å². The van der Waals surface area contributed by atoms with E-state index < -0.39 is 28.5 Å². The molecule has 252 valence electrons. The zero-order valence-corrected chi connectivity index (χ0v) is 29.4. The standard InChI is InChI=1S/C39H44ClN3O4S/c1-28-20-22-34(23-21-28)48(46,47)43(36-19-11-18-35(40)30(36)3)27-38(44)42(26-32-15-10-12-29(2)24-32)37(25-31-13-6-4-7-14-31)39(45)41-33-16-8-5-9-17-33/h4,6-7,10-15,18-24,33,37H,5,8-9,16-17,25-27H2,1-3H3,(H,41,45)/t37-/m1/s1. The van der Waals surface area contributed by atoms with Gasteiger partial charge in [-0.15, -0.1) is 0 Å². The van der Waals surface area contributed by atoms with E-state index in [9.17, 15) is 18.0 Å². The fraction of sp³-hybridized carbons (Fsp3) is 0.333. The zero-order valence-electron chi connectivity index (χ0n) is 27.9. The van der Waals surface area contributed by atoms with E-state index in [0.29, 0.717) is 16.3 Å². The van der Waals surface area contributed by atoms with Crippen LogP contribution in [0.1, 0.15) is 59.9 Å². The van der Waals surface area contributed by atoms with Gasteiger partial charge in [0.1, 0.15) is 12.6 Å². The van der Waals surface area contributed by atoms with E-state index in [2.05, 4.69) is 5.32 Å². The van der Waals surface area contributed by atoms with Crippen molar-refractivity contribution < 1.29 is 18.0 Å². The SMILES string of the molecule is Cc1ccc(S(=O)(=O)N(CC(=O)N(Cc2cccc(C)c2)[C@H](Cc2ccccc2)C(=O)NC2CCCCC2)c2cccc(Cl)c2C)cc1. The van der Waals surface area contributed by atoms with Gasteiger partial charge in [0.15, 0.2) is 0 Å². The molecule has 5 rings (SSSR count). The third-order valence-corrected chi connectivity index (χ3v) is 11.2. The molecule has 1 saturated carbocycles. The number of sulfonamides is 1. The molecule has 0 spiro atoms. The molecule has 1 aliphatic carbocycles. The van der Waals surface area contributed by atoms with Gasteiger partial charge in [0.05, 0.1) is 10.6 Å². The highest BCUT2D eigenvalue weighted by molar-refractivity contribution is 7.92. The summed E-state index contributed by atoms with van der Waals surface area (Å²) in [6, 6.07) is 28.2. The van der Waals surface area contributed by atoms with Gasteiger partial charge >= 0.3 is 0 Å². The third-order valence-electron chi connectivity index (χ3n) is 9.05. The number of benzene rings is 4. The van der Waals surface area contributed by atoms with E-state index >= 15 is 0 Å². The first-order valence-corrected chi connectivity index (χ1v) is 18.4. The van der Waals surface area contributed by atoms with E-state index in [1.165, 1.54) is 0 Å². The Morgan fingerprint density at radius 2 is 1.48 bits per heavy atom. The number of carbonyl (C=O) groups is 2. The Morgan fingerprint density at radius 1 is 0.812 bits per heavy atom. The van der Waals surface area contributed by atoms with Gasteiger partial charge in [-0.1, -0.05) is 115 Å². The van der Waals surface area contributed by atoms with E-state index in [4.69, 9.17) is 11.6 Å². The average molecular weight is 686 g/mol. The Bertz CT molecular complexity index is 1820. The predicted molar refractivity (Wildman–Crippen MR) is 193 cm³/mol. The lowest BCUT2D eigenvalue weighted by Gasteiger charge is -2.35. The molecule has 1 aliphatic rings. The van der Waals surface area contributed by atoms with Gasteiger partial charge < -0.3 is 10.2 Å². The van der Waals surface area contributed by atoms with Gasteiger partial charge in [0.2, 0.25) is 11.8 Å². The molecule has 2 amide bonds. The molecule has 7 nitrogen and oxygen atoms in total. The van der Waals surface area contributed by atoms with Gasteiger partial charge in [-0.3, -0.25) is 13.9 Å². The van der Waals surface area contributed by atoms with Crippen molar-refractivity contribution in [1.82, 2.24) is 10.2 Å². The fourth-order valence-electron chi connectivity index (χ4n) is 6.32. The van der Waals surface area contributed by atoms with Gasteiger partial charge in [-0.05, 0) is 74.6 Å². The van der Waals surface area contributed by atoms with Crippen LogP contribution in [0, 0.1) is 20.8 Å². The summed E-state index contributed by atoms with van der Waals surface area (Å²) in [4.78, 5) is 30.7. The largest absolute Gasteiger partial charge is 0.352 e. The molecular formula is C39H44ClN3O4S. The summed E-state index contributed by atoms with van der Waals surface area (Å²) in [6.07, 6.45) is 5.30. The van der Waals surface area contributed by atoms with Crippen LogP contribution in [0.15, 0.2) is 102 Å². The van der Waals surface area contributed by atoms with Crippen LogP contribution < -0.4 is 9.62 Å². The van der Waals surface area contributed by atoms with Crippen LogP contribution >= 0.6 is 11.6 Å². The topological polar surface area (TPSA) is 86.8 Å². The van der Waals surface area contributed by atoms with E-state index in [1.54, 1.807) is 54.3 Å². The first kappa shape index (κ1) is 35.2. The van der Waals surface area contributed by atoms with Gasteiger partial charge in [0.25, 0.3) is 10.0 Å². The second-order valence-corrected chi connectivity index (χ2v) is 15.0. The maximum absolute atomic E-state index is 14.8. The summed E-state index contributed by atoms with van der Waals surface area (Å²) in [5.74, 6) is -0.732. The molecule has 0 aliphatic heterocycles. The lowest BCUT2D eigenvalue weighted by Crippen LogP contribution is -2.55. The Morgan fingerprint density at radius 3 is 2.17 bits per heavy atom. The summed E-state index contributed by atoms with van der Waals surface area (Å²) in [6.45, 7) is 5.20. The number of anilines is 1. The quantitative estimate of drug-likeness (QED) is 0.167. The van der Waals surface area contributed by atoms with E-state index in [1.807, 2.05) is 68.4 Å². The van der Waals surface area contributed by atoms with Crippen molar-refractivity contribution in [2.24, 2.45) is 0 Å². The Kier molecular flexibility index (Phi) is 11.6. The molecule has 1 fully saturated rings. The molecular weight excluding hydrogens is 642 g/mol. The van der Waals surface area contributed by atoms with Crippen molar-refractivity contribution in [1.29, 1.82) is 0 Å². The summed E-state index contributed by atoms with van der Waals surface area (Å²) in [5.41, 5.74) is 4.51. The van der Waals surface area contributed by atoms with Crippen LogP contribution in [0.3, 0.4) is 0 Å². The molecule has 0 unspecified atom stereocenters. The monoisotopic (exact) mass is 685 g/mol. The van der Waals surface area contributed by atoms with Crippen molar-refractivity contribution in [3.05, 3.63) is 130 Å². The maximum atomic E-state index is 14.8. The van der Waals surface area contributed by atoms with Crippen molar-refractivity contribution in [2.45, 2.75) is 82.8 Å². The number of hydrogen-bond acceptors (Lipinski definition) is 4. The average Bonchev–Trinajstić information content (AvgIpc) is 3.07. The molecule has 1 atom stereocenters. The summed E-state index contributed by atoms with van der Waals surface area (Å²) < 4.78 is 29.8. The zero-order chi connectivity index (χ0) is 34.3. The summed E-state index contributed by atoms with van der Waals surface area (Å²) in [5, 5.41) is 3.64. The highest BCUT2D eigenvalue weighted by Crippen LogP contribution is 2.31. The first-order chi connectivity index (χ1) is 23.0.